The first-order chi connectivity index (χ1) is 22.1. The number of nitrogens with zero attached hydrogens (tertiary/aromatic N) is 3. The SMILES string of the molecule is CN1C(=O)[C@]2(Cl)C[C@@H]3C(=CC[C@@H]4C(=O)N(c5ccc(N6CCOCC6)cc5)C(=O)[C@@H]43)[C@H](c3c(O)ccc4ccccc34)[C@]2(Cl)C1=O. The number of anilines is 2. The largest absolute Gasteiger partial charge is 0.508 e. The first-order valence-electron chi connectivity index (χ1n) is 15.5. The van der Waals surface area contributed by atoms with E-state index < -0.39 is 45.2 Å². The highest BCUT2D eigenvalue weighted by Gasteiger charge is 2.76. The van der Waals surface area contributed by atoms with Crippen LogP contribution in [0.4, 0.5) is 11.4 Å². The van der Waals surface area contributed by atoms with Gasteiger partial charge in [-0.25, -0.2) is 0 Å². The summed E-state index contributed by atoms with van der Waals surface area (Å²) in [7, 11) is 1.35. The van der Waals surface area contributed by atoms with E-state index in [2.05, 4.69) is 4.90 Å². The van der Waals surface area contributed by atoms with E-state index in [4.69, 9.17) is 27.9 Å². The molecule has 0 aromatic heterocycles. The zero-order valence-corrected chi connectivity index (χ0v) is 26.5. The number of hydrogen-bond acceptors (Lipinski definition) is 7. The Morgan fingerprint density at radius 1 is 0.848 bits per heavy atom. The number of carbonyl (C=O) groups is 4. The summed E-state index contributed by atoms with van der Waals surface area (Å²) in [6.07, 6.45) is 2.01. The summed E-state index contributed by atoms with van der Waals surface area (Å²) >= 11 is 14.7. The monoisotopic (exact) mass is 659 g/mol. The number of ether oxygens (including phenoxy) is 1. The number of phenols is 1. The third-order valence-electron chi connectivity index (χ3n) is 10.7. The fourth-order valence-corrected chi connectivity index (χ4v) is 9.54. The second-order valence-electron chi connectivity index (χ2n) is 12.8. The quantitative estimate of drug-likeness (QED) is 0.249. The smallest absolute Gasteiger partial charge is 0.253 e. The van der Waals surface area contributed by atoms with Gasteiger partial charge in [-0.2, -0.15) is 0 Å². The van der Waals surface area contributed by atoms with Crippen LogP contribution in [0, 0.1) is 17.8 Å². The average molecular weight is 661 g/mol. The molecule has 8 rings (SSSR count). The molecule has 4 fully saturated rings. The number of rotatable bonds is 3. The third-order valence-corrected chi connectivity index (χ3v) is 12.1. The number of morpholine rings is 1. The molecule has 0 radical (unpaired) electrons. The first-order valence-corrected chi connectivity index (χ1v) is 16.2. The number of amides is 4. The molecule has 4 amide bonds. The van der Waals surface area contributed by atoms with Crippen LogP contribution in [0.3, 0.4) is 0 Å². The maximum Gasteiger partial charge on any atom is 0.253 e. The Bertz CT molecular complexity index is 1870. The predicted molar refractivity (Wildman–Crippen MR) is 173 cm³/mol. The summed E-state index contributed by atoms with van der Waals surface area (Å²) < 4.78 is 5.45. The molecule has 11 heteroatoms. The number of allylic oxidation sites excluding steroid dienone is 2. The molecule has 3 aliphatic heterocycles. The second kappa shape index (κ2) is 10.3. The van der Waals surface area contributed by atoms with Crippen molar-refractivity contribution in [1.82, 2.24) is 4.90 Å². The molecule has 3 heterocycles. The van der Waals surface area contributed by atoms with Crippen LogP contribution >= 0.6 is 23.2 Å². The maximum absolute atomic E-state index is 14.4. The number of aromatic hydroxyl groups is 1. The number of likely N-dealkylation sites (tertiary alicyclic amines) is 1. The Morgan fingerprint density at radius 3 is 2.28 bits per heavy atom. The zero-order chi connectivity index (χ0) is 32.1. The topological polar surface area (TPSA) is 107 Å². The Morgan fingerprint density at radius 2 is 1.54 bits per heavy atom. The Hall–Kier alpha value is -3.92. The minimum atomic E-state index is -1.97. The van der Waals surface area contributed by atoms with Gasteiger partial charge in [-0.3, -0.25) is 29.0 Å². The van der Waals surface area contributed by atoms with Crippen LogP contribution in [0.2, 0.25) is 0 Å². The van der Waals surface area contributed by atoms with Gasteiger partial charge in [0.15, 0.2) is 9.75 Å². The van der Waals surface area contributed by atoms with Crippen LogP contribution in [0.25, 0.3) is 10.8 Å². The molecule has 3 aromatic carbocycles. The van der Waals surface area contributed by atoms with Gasteiger partial charge in [0.05, 0.1) is 30.7 Å². The molecule has 236 valence electrons. The van der Waals surface area contributed by atoms with Gasteiger partial charge in [-0.15, -0.1) is 23.2 Å². The summed E-state index contributed by atoms with van der Waals surface area (Å²) in [4.78, 5) is 56.6. The van der Waals surface area contributed by atoms with Gasteiger partial charge in [-0.1, -0.05) is 42.0 Å². The molecule has 5 aliphatic rings. The lowest BCUT2D eigenvalue weighted by molar-refractivity contribution is -0.138. The van der Waals surface area contributed by atoms with Crippen molar-refractivity contribution < 1.29 is 29.0 Å². The number of hydrogen-bond donors (Lipinski definition) is 1. The van der Waals surface area contributed by atoms with Gasteiger partial charge in [0.2, 0.25) is 11.8 Å². The molecule has 1 saturated carbocycles. The molecule has 2 aliphatic carbocycles. The van der Waals surface area contributed by atoms with Gasteiger partial charge in [0, 0.05) is 37.3 Å². The van der Waals surface area contributed by atoms with Crippen molar-refractivity contribution in [1.29, 1.82) is 0 Å². The molecular formula is C35H31Cl2N3O6. The molecular weight excluding hydrogens is 629 g/mol. The van der Waals surface area contributed by atoms with Crippen molar-refractivity contribution in [2.45, 2.75) is 28.5 Å². The molecule has 3 aromatic rings. The maximum atomic E-state index is 14.4. The Labute approximate surface area is 275 Å². The number of alkyl halides is 2. The van der Waals surface area contributed by atoms with Crippen molar-refractivity contribution in [3.8, 4) is 5.75 Å². The molecule has 0 bridgehead atoms. The van der Waals surface area contributed by atoms with Crippen molar-refractivity contribution in [3.63, 3.8) is 0 Å². The fourth-order valence-electron chi connectivity index (χ4n) is 8.54. The number of halogens is 2. The van der Waals surface area contributed by atoms with Crippen LogP contribution in [-0.2, 0) is 23.9 Å². The predicted octanol–water partition coefficient (Wildman–Crippen LogP) is 4.58. The van der Waals surface area contributed by atoms with Crippen molar-refractivity contribution in [3.05, 3.63) is 77.9 Å². The lowest BCUT2D eigenvalue weighted by Crippen LogP contribution is -2.60. The van der Waals surface area contributed by atoms with E-state index in [0.29, 0.717) is 35.4 Å². The van der Waals surface area contributed by atoms with Gasteiger partial charge in [0.1, 0.15) is 5.75 Å². The fraction of sp³-hybridized carbons (Fsp3) is 0.371. The molecule has 3 saturated heterocycles. The van der Waals surface area contributed by atoms with E-state index in [1.54, 1.807) is 24.3 Å². The number of imide groups is 2. The minimum absolute atomic E-state index is 0.1000. The minimum Gasteiger partial charge on any atom is -0.508 e. The molecule has 6 atom stereocenters. The van der Waals surface area contributed by atoms with E-state index in [1.807, 2.05) is 42.5 Å². The number of carbonyl (C=O) groups excluding carboxylic acids is 4. The van der Waals surface area contributed by atoms with Gasteiger partial charge in [0.25, 0.3) is 11.8 Å². The highest BCUT2D eigenvalue weighted by molar-refractivity contribution is 6.53. The van der Waals surface area contributed by atoms with E-state index in [0.717, 1.165) is 29.1 Å². The van der Waals surface area contributed by atoms with Crippen molar-refractivity contribution in [2.24, 2.45) is 17.8 Å². The van der Waals surface area contributed by atoms with Gasteiger partial charge >= 0.3 is 0 Å². The standard InChI is InChI=1S/C35H31Cl2N3O6/c1-38-32(44)34(36)18-25-23(29(35(34,37)33(38)45)28-22-5-3-2-4-19(22)6-13-26(28)41)11-12-24-27(25)31(43)40(30(24)42)21-9-7-20(8-10-21)39-14-16-46-17-15-39/h2-11,13,24-25,27,29,41H,12,14-18H2,1H3/t24-,25+,27-,29+,34+,35-/m0/s1. The normalized spacial score (nSPS) is 32.5. The highest BCUT2D eigenvalue weighted by atomic mass is 35.5. The molecule has 46 heavy (non-hydrogen) atoms. The third kappa shape index (κ3) is 3.79. The zero-order valence-electron chi connectivity index (χ0n) is 25.0. The Kier molecular flexibility index (Phi) is 6.59. The summed E-state index contributed by atoms with van der Waals surface area (Å²) in [6, 6.07) is 18.1. The molecule has 1 N–H and O–H groups in total. The molecule has 0 unspecified atom stereocenters. The Balaban J connectivity index is 1.24. The summed E-state index contributed by atoms with van der Waals surface area (Å²) in [5.74, 6) is -5.32. The highest BCUT2D eigenvalue weighted by Crippen LogP contribution is 2.66. The van der Waals surface area contributed by atoms with E-state index >= 15 is 0 Å². The number of fused-ring (bicyclic) bond motifs is 5. The second-order valence-corrected chi connectivity index (χ2v) is 14.1. The van der Waals surface area contributed by atoms with Gasteiger partial charge in [-0.05, 0) is 59.9 Å². The van der Waals surface area contributed by atoms with Crippen LogP contribution in [-0.4, -0.2) is 76.7 Å². The first kappa shape index (κ1) is 29.5. The van der Waals surface area contributed by atoms with E-state index in [1.165, 1.54) is 11.9 Å². The van der Waals surface area contributed by atoms with Crippen LogP contribution in [0.15, 0.2) is 72.3 Å². The van der Waals surface area contributed by atoms with Crippen LogP contribution < -0.4 is 9.80 Å². The lowest BCUT2D eigenvalue weighted by Gasteiger charge is -2.51. The number of benzene rings is 3. The lowest BCUT2D eigenvalue weighted by atomic mass is 9.56. The van der Waals surface area contributed by atoms with Crippen molar-refractivity contribution >= 4 is 69.0 Å². The average Bonchev–Trinajstić information content (AvgIpc) is 3.40. The summed E-state index contributed by atoms with van der Waals surface area (Å²) in [5, 5.41) is 12.9. The van der Waals surface area contributed by atoms with Crippen molar-refractivity contribution in [2.75, 3.05) is 43.2 Å². The number of phenolic OH excluding ortho intramolecular Hbond substituents is 1. The summed E-state index contributed by atoms with van der Waals surface area (Å²) in [5.41, 5.74) is 2.47. The van der Waals surface area contributed by atoms with E-state index in [9.17, 15) is 24.3 Å². The van der Waals surface area contributed by atoms with Crippen LogP contribution in [0.1, 0.15) is 24.3 Å². The molecule has 0 spiro atoms. The summed E-state index contributed by atoms with van der Waals surface area (Å²) in [6.45, 7) is 2.79. The van der Waals surface area contributed by atoms with E-state index in [-0.39, 0.29) is 30.4 Å². The van der Waals surface area contributed by atoms with Gasteiger partial charge < -0.3 is 14.7 Å². The molecule has 9 nitrogen and oxygen atoms in total. The van der Waals surface area contributed by atoms with Crippen LogP contribution in [0.5, 0.6) is 5.75 Å².